The van der Waals surface area contributed by atoms with Crippen LogP contribution >= 0.6 is 0 Å². The lowest BCUT2D eigenvalue weighted by Gasteiger charge is -2.21. The molecule has 0 aliphatic heterocycles. The average molecular weight is 381 g/mol. The van der Waals surface area contributed by atoms with Gasteiger partial charge in [-0.2, -0.15) is 0 Å². The monoisotopic (exact) mass is 381 g/mol. The predicted molar refractivity (Wildman–Crippen MR) is 97.9 cm³/mol. The van der Waals surface area contributed by atoms with E-state index in [1.807, 2.05) is 0 Å². The second-order valence-electron chi connectivity index (χ2n) is 6.76. The Labute approximate surface area is 159 Å². The first kappa shape index (κ1) is 22.4. The van der Waals surface area contributed by atoms with Crippen molar-refractivity contribution in [1.29, 1.82) is 0 Å². The second-order valence-corrected chi connectivity index (χ2v) is 6.76. The van der Waals surface area contributed by atoms with Crippen LogP contribution in [0.5, 0.6) is 5.75 Å². The van der Waals surface area contributed by atoms with E-state index < -0.39 is 23.7 Å². The summed E-state index contributed by atoms with van der Waals surface area (Å²) < 4.78 is 20.1. The van der Waals surface area contributed by atoms with Crippen molar-refractivity contribution in [3.05, 3.63) is 29.8 Å². The summed E-state index contributed by atoms with van der Waals surface area (Å²) >= 11 is 0. The number of esters is 1. The van der Waals surface area contributed by atoms with Gasteiger partial charge in [-0.25, -0.2) is 9.59 Å². The smallest absolute Gasteiger partial charge is 0.408 e. The van der Waals surface area contributed by atoms with Gasteiger partial charge in [0, 0.05) is 12.7 Å². The molecule has 0 saturated heterocycles. The molecule has 150 valence electrons. The molecule has 0 aromatic heterocycles. The van der Waals surface area contributed by atoms with E-state index in [1.165, 1.54) is 7.11 Å². The van der Waals surface area contributed by atoms with Crippen molar-refractivity contribution in [2.75, 3.05) is 26.9 Å². The van der Waals surface area contributed by atoms with Gasteiger partial charge < -0.3 is 24.3 Å². The molecule has 1 amide bonds. The standard InChI is InChI=1S/C19H27NO7/c1-13(20-18(23)27-19(2,3)4)17(22)14-6-8-15(9-7-14)26-12-16(21)25-11-10-24-5/h6-9,13H,10-12H2,1-5H3,(H,20,23)/t13-/m0/s1. The summed E-state index contributed by atoms with van der Waals surface area (Å²) in [5, 5.41) is 2.50. The van der Waals surface area contributed by atoms with Crippen LogP contribution in [0.15, 0.2) is 24.3 Å². The van der Waals surface area contributed by atoms with Crippen molar-refractivity contribution in [2.45, 2.75) is 39.3 Å². The molecule has 0 aliphatic carbocycles. The topological polar surface area (TPSA) is 100 Å². The first-order chi connectivity index (χ1) is 12.6. The van der Waals surface area contributed by atoms with Crippen LogP contribution in [0.3, 0.4) is 0 Å². The molecule has 1 aromatic rings. The molecule has 0 bridgehead atoms. The molecule has 0 fully saturated rings. The zero-order valence-corrected chi connectivity index (χ0v) is 16.4. The largest absolute Gasteiger partial charge is 0.482 e. The highest BCUT2D eigenvalue weighted by atomic mass is 16.6. The van der Waals surface area contributed by atoms with E-state index in [0.717, 1.165) is 0 Å². The Hall–Kier alpha value is -2.61. The maximum Gasteiger partial charge on any atom is 0.408 e. The van der Waals surface area contributed by atoms with Crippen molar-refractivity contribution < 1.29 is 33.3 Å². The number of hydrogen-bond donors (Lipinski definition) is 1. The summed E-state index contributed by atoms with van der Waals surface area (Å²) in [6.07, 6.45) is -0.657. The van der Waals surface area contributed by atoms with Crippen LogP contribution in [0.2, 0.25) is 0 Å². The molecule has 27 heavy (non-hydrogen) atoms. The summed E-state index contributed by atoms with van der Waals surface area (Å²) in [7, 11) is 1.51. The van der Waals surface area contributed by atoms with Gasteiger partial charge in [-0.05, 0) is 52.0 Å². The molecule has 0 saturated carbocycles. The van der Waals surface area contributed by atoms with Gasteiger partial charge in [-0.3, -0.25) is 4.79 Å². The Morgan fingerprint density at radius 3 is 2.26 bits per heavy atom. The van der Waals surface area contributed by atoms with Crippen LogP contribution < -0.4 is 10.1 Å². The fraction of sp³-hybridized carbons (Fsp3) is 0.526. The first-order valence-electron chi connectivity index (χ1n) is 8.53. The van der Waals surface area contributed by atoms with Gasteiger partial charge in [0.2, 0.25) is 0 Å². The molecule has 0 unspecified atom stereocenters. The van der Waals surface area contributed by atoms with Gasteiger partial charge >= 0.3 is 12.1 Å². The highest BCUT2D eigenvalue weighted by Gasteiger charge is 2.21. The molecule has 1 rings (SSSR count). The van der Waals surface area contributed by atoms with Crippen molar-refractivity contribution in [3.8, 4) is 5.75 Å². The normalized spacial score (nSPS) is 12.0. The van der Waals surface area contributed by atoms with Crippen molar-refractivity contribution in [2.24, 2.45) is 0 Å². The number of amides is 1. The average Bonchev–Trinajstić information content (AvgIpc) is 2.58. The fourth-order valence-electron chi connectivity index (χ4n) is 1.94. The number of Topliss-reactive ketones (excluding diaryl/α,β-unsaturated/α-hetero) is 1. The molecule has 1 N–H and O–H groups in total. The third kappa shape index (κ3) is 9.05. The Morgan fingerprint density at radius 1 is 1.07 bits per heavy atom. The number of methoxy groups -OCH3 is 1. The predicted octanol–water partition coefficient (Wildman–Crippen LogP) is 2.35. The number of rotatable bonds is 9. The number of ether oxygens (including phenoxy) is 4. The molecule has 0 aliphatic rings. The van der Waals surface area contributed by atoms with Gasteiger partial charge in [-0.1, -0.05) is 0 Å². The lowest BCUT2D eigenvalue weighted by atomic mass is 10.1. The summed E-state index contributed by atoms with van der Waals surface area (Å²) in [5.41, 5.74) is -0.245. The first-order valence-corrected chi connectivity index (χ1v) is 8.53. The summed E-state index contributed by atoms with van der Waals surface area (Å²) in [5.74, 6) is -0.364. The maximum absolute atomic E-state index is 12.4. The van der Waals surface area contributed by atoms with E-state index in [-0.39, 0.29) is 19.0 Å². The minimum atomic E-state index is -0.748. The lowest BCUT2D eigenvalue weighted by Crippen LogP contribution is -2.41. The zero-order valence-electron chi connectivity index (χ0n) is 16.4. The minimum Gasteiger partial charge on any atom is -0.482 e. The Morgan fingerprint density at radius 2 is 1.70 bits per heavy atom. The van der Waals surface area contributed by atoms with E-state index in [1.54, 1.807) is 52.0 Å². The van der Waals surface area contributed by atoms with Gasteiger partial charge in [-0.15, -0.1) is 0 Å². The number of ketones is 1. The number of carbonyl (C=O) groups is 3. The highest BCUT2D eigenvalue weighted by molar-refractivity contribution is 6.01. The Balaban J connectivity index is 2.51. The molecule has 0 spiro atoms. The van der Waals surface area contributed by atoms with E-state index >= 15 is 0 Å². The van der Waals surface area contributed by atoms with Crippen molar-refractivity contribution >= 4 is 17.8 Å². The van der Waals surface area contributed by atoms with Gasteiger partial charge in [0.05, 0.1) is 12.6 Å². The van der Waals surface area contributed by atoms with Gasteiger partial charge in [0.15, 0.2) is 12.4 Å². The number of hydrogen-bond acceptors (Lipinski definition) is 7. The maximum atomic E-state index is 12.4. The lowest BCUT2D eigenvalue weighted by molar-refractivity contribution is -0.147. The fourth-order valence-corrected chi connectivity index (χ4v) is 1.94. The number of nitrogens with one attached hydrogen (secondary N) is 1. The van der Waals surface area contributed by atoms with Crippen LogP contribution in [-0.2, 0) is 19.0 Å². The molecular weight excluding hydrogens is 354 g/mol. The minimum absolute atomic E-state index is 0.161. The molecular formula is C19H27NO7. The van der Waals surface area contributed by atoms with Crippen LogP contribution in [0.4, 0.5) is 4.79 Å². The van der Waals surface area contributed by atoms with Gasteiger partial charge in [0.1, 0.15) is 18.0 Å². The van der Waals surface area contributed by atoms with Crippen LogP contribution in [-0.4, -0.2) is 56.4 Å². The number of benzene rings is 1. The third-order valence-electron chi connectivity index (χ3n) is 3.17. The molecule has 8 nitrogen and oxygen atoms in total. The van der Waals surface area contributed by atoms with E-state index in [0.29, 0.717) is 17.9 Å². The van der Waals surface area contributed by atoms with E-state index in [4.69, 9.17) is 18.9 Å². The van der Waals surface area contributed by atoms with Gasteiger partial charge in [0.25, 0.3) is 0 Å². The van der Waals surface area contributed by atoms with Crippen LogP contribution in [0.25, 0.3) is 0 Å². The summed E-state index contributed by atoms with van der Waals surface area (Å²) in [6.45, 7) is 7.04. The Kier molecular flexibility index (Phi) is 8.74. The zero-order chi connectivity index (χ0) is 20.4. The molecule has 0 radical (unpaired) electrons. The van der Waals surface area contributed by atoms with E-state index in [9.17, 15) is 14.4 Å². The van der Waals surface area contributed by atoms with Crippen LogP contribution in [0.1, 0.15) is 38.1 Å². The molecule has 1 aromatic carbocycles. The Bertz CT molecular complexity index is 634. The molecule has 8 heteroatoms. The second kappa shape index (κ2) is 10.5. The van der Waals surface area contributed by atoms with Crippen molar-refractivity contribution in [3.63, 3.8) is 0 Å². The summed E-state index contributed by atoms with van der Waals surface area (Å²) in [4.78, 5) is 35.6. The van der Waals surface area contributed by atoms with Crippen molar-refractivity contribution in [1.82, 2.24) is 5.32 Å². The molecule has 1 atom stereocenters. The number of alkyl carbamates (subject to hydrolysis) is 1. The summed E-state index contributed by atoms with van der Waals surface area (Å²) in [6, 6.07) is 5.50. The highest BCUT2D eigenvalue weighted by Crippen LogP contribution is 2.14. The van der Waals surface area contributed by atoms with Crippen LogP contribution in [0, 0.1) is 0 Å². The third-order valence-corrected chi connectivity index (χ3v) is 3.17. The molecule has 0 heterocycles. The SMILES string of the molecule is COCCOC(=O)COc1ccc(C(=O)[C@H](C)NC(=O)OC(C)(C)C)cc1. The quantitative estimate of drug-likeness (QED) is 0.398. The van der Waals surface area contributed by atoms with E-state index in [2.05, 4.69) is 5.32 Å². The number of carbonyl (C=O) groups excluding carboxylic acids is 3.